The van der Waals surface area contributed by atoms with E-state index in [4.69, 9.17) is 26.8 Å². The SMILES string of the molecule is CCOC(=O)C1=C(CCl)OC(N)=C(C#N)[C@@H]1c1ccccc1. The van der Waals surface area contributed by atoms with Crippen molar-refractivity contribution >= 4 is 17.6 Å². The van der Waals surface area contributed by atoms with Gasteiger partial charge in [-0.2, -0.15) is 5.26 Å². The van der Waals surface area contributed by atoms with Gasteiger partial charge in [0.15, 0.2) is 0 Å². The molecule has 0 unspecified atom stereocenters. The molecule has 1 aromatic rings. The van der Waals surface area contributed by atoms with Crippen LogP contribution in [0.25, 0.3) is 0 Å². The first kappa shape index (κ1) is 15.9. The molecule has 0 spiro atoms. The minimum atomic E-state index is -0.646. The zero-order valence-electron chi connectivity index (χ0n) is 12.0. The van der Waals surface area contributed by atoms with Gasteiger partial charge in [0.1, 0.15) is 17.4 Å². The van der Waals surface area contributed by atoms with Crippen LogP contribution in [0.5, 0.6) is 0 Å². The number of carbonyl (C=O) groups excluding carboxylic acids is 1. The Kier molecular flexibility index (Phi) is 5.08. The number of nitrogens with zero attached hydrogens (tertiary/aromatic N) is 1. The monoisotopic (exact) mass is 318 g/mol. The van der Waals surface area contributed by atoms with Crippen LogP contribution in [0.2, 0.25) is 0 Å². The zero-order chi connectivity index (χ0) is 16.1. The highest BCUT2D eigenvalue weighted by Crippen LogP contribution is 2.39. The molecule has 0 radical (unpaired) electrons. The van der Waals surface area contributed by atoms with Crippen molar-refractivity contribution in [3.05, 3.63) is 58.7 Å². The maximum absolute atomic E-state index is 12.3. The highest BCUT2D eigenvalue weighted by molar-refractivity contribution is 6.19. The van der Waals surface area contributed by atoms with Gasteiger partial charge in [0.05, 0.1) is 24.0 Å². The molecule has 0 fully saturated rings. The van der Waals surface area contributed by atoms with Crippen molar-refractivity contribution in [2.75, 3.05) is 12.5 Å². The molecular formula is C16H15ClN2O3. The third-order valence-corrected chi connectivity index (χ3v) is 3.49. The lowest BCUT2D eigenvalue weighted by molar-refractivity contribution is -0.139. The third-order valence-electron chi connectivity index (χ3n) is 3.25. The number of hydrogen-bond acceptors (Lipinski definition) is 5. The van der Waals surface area contributed by atoms with Crippen LogP contribution in [0, 0.1) is 11.3 Å². The van der Waals surface area contributed by atoms with Gasteiger partial charge in [-0.05, 0) is 12.5 Å². The summed E-state index contributed by atoms with van der Waals surface area (Å²) in [7, 11) is 0. The molecule has 2 rings (SSSR count). The first-order valence-corrected chi connectivity index (χ1v) is 7.26. The summed E-state index contributed by atoms with van der Waals surface area (Å²) < 4.78 is 10.4. The lowest BCUT2D eigenvalue weighted by Gasteiger charge is -2.27. The molecule has 1 aliphatic heterocycles. The zero-order valence-corrected chi connectivity index (χ0v) is 12.8. The Morgan fingerprint density at radius 2 is 2.14 bits per heavy atom. The van der Waals surface area contributed by atoms with Crippen LogP contribution in [-0.2, 0) is 14.3 Å². The number of hydrogen-bond donors (Lipinski definition) is 1. The first-order valence-electron chi connectivity index (χ1n) is 6.72. The Bertz CT molecular complexity index is 674. The second kappa shape index (κ2) is 7.01. The molecule has 5 nitrogen and oxygen atoms in total. The van der Waals surface area contributed by atoms with Crippen molar-refractivity contribution in [3.63, 3.8) is 0 Å². The van der Waals surface area contributed by atoms with Gasteiger partial charge in [0, 0.05) is 0 Å². The molecule has 0 aromatic heterocycles. The van der Waals surface area contributed by atoms with E-state index in [1.54, 1.807) is 6.92 Å². The Hall–Kier alpha value is -2.45. The minimum absolute atomic E-state index is 0.0416. The topological polar surface area (TPSA) is 85.3 Å². The lowest BCUT2D eigenvalue weighted by atomic mass is 9.83. The summed E-state index contributed by atoms with van der Waals surface area (Å²) in [6.07, 6.45) is 0. The molecule has 1 aromatic carbocycles. The fourth-order valence-corrected chi connectivity index (χ4v) is 2.53. The maximum Gasteiger partial charge on any atom is 0.338 e. The summed E-state index contributed by atoms with van der Waals surface area (Å²) in [5, 5.41) is 9.41. The summed E-state index contributed by atoms with van der Waals surface area (Å²) >= 11 is 5.88. The van der Waals surface area contributed by atoms with Crippen LogP contribution < -0.4 is 5.73 Å². The normalized spacial score (nSPS) is 17.8. The van der Waals surface area contributed by atoms with Crippen molar-refractivity contribution < 1.29 is 14.3 Å². The standard InChI is InChI=1S/C16H15ClN2O3/c1-2-21-16(20)14-12(8-17)22-15(19)11(9-18)13(14)10-6-4-3-5-7-10/h3-7,13H,2,8,19H2,1H3/t13-/m0/s1. The third kappa shape index (κ3) is 2.92. The van der Waals surface area contributed by atoms with E-state index < -0.39 is 11.9 Å². The number of esters is 1. The van der Waals surface area contributed by atoms with Gasteiger partial charge in [0.25, 0.3) is 0 Å². The van der Waals surface area contributed by atoms with Gasteiger partial charge in [-0.3, -0.25) is 0 Å². The summed E-state index contributed by atoms with van der Waals surface area (Å²) in [5.41, 5.74) is 6.94. The number of carbonyl (C=O) groups is 1. The van der Waals surface area contributed by atoms with Crippen LogP contribution in [-0.4, -0.2) is 18.5 Å². The number of nitrogens with two attached hydrogens (primary N) is 1. The number of nitriles is 1. The Morgan fingerprint density at radius 1 is 1.45 bits per heavy atom. The largest absolute Gasteiger partial charge is 0.463 e. The van der Waals surface area contributed by atoms with Crippen LogP contribution in [0.4, 0.5) is 0 Å². The smallest absolute Gasteiger partial charge is 0.338 e. The number of rotatable bonds is 4. The Morgan fingerprint density at radius 3 is 2.68 bits per heavy atom. The van der Waals surface area contributed by atoms with E-state index in [-0.39, 0.29) is 35.3 Å². The molecule has 2 N–H and O–H groups in total. The summed E-state index contributed by atoms with van der Waals surface area (Å²) in [6, 6.07) is 11.1. The van der Waals surface area contributed by atoms with E-state index in [0.29, 0.717) is 0 Å². The van der Waals surface area contributed by atoms with Gasteiger partial charge >= 0.3 is 5.97 Å². The lowest BCUT2D eigenvalue weighted by Crippen LogP contribution is -2.26. The van der Waals surface area contributed by atoms with Crippen molar-refractivity contribution in [2.24, 2.45) is 5.73 Å². The average molecular weight is 319 g/mol. The van der Waals surface area contributed by atoms with Crippen LogP contribution >= 0.6 is 11.6 Å². The van der Waals surface area contributed by atoms with Gasteiger partial charge in [0.2, 0.25) is 5.88 Å². The van der Waals surface area contributed by atoms with Crippen LogP contribution in [0.3, 0.4) is 0 Å². The van der Waals surface area contributed by atoms with Gasteiger partial charge in [-0.15, -0.1) is 11.6 Å². The van der Waals surface area contributed by atoms with Crippen molar-refractivity contribution in [3.8, 4) is 6.07 Å². The molecule has 0 aliphatic carbocycles. The predicted molar refractivity (Wildman–Crippen MR) is 81.5 cm³/mol. The average Bonchev–Trinajstić information content (AvgIpc) is 2.54. The quantitative estimate of drug-likeness (QED) is 0.681. The second-order valence-electron chi connectivity index (χ2n) is 4.53. The fourth-order valence-electron chi connectivity index (χ4n) is 2.33. The van der Waals surface area contributed by atoms with E-state index in [9.17, 15) is 10.1 Å². The van der Waals surface area contributed by atoms with Crippen LogP contribution in [0.1, 0.15) is 18.4 Å². The molecule has 0 amide bonds. The summed E-state index contributed by atoms with van der Waals surface area (Å²) in [5.74, 6) is -1.08. The van der Waals surface area contributed by atoms with E-state index in [2.05, 4.69) is 0 Å². The van der Waals surface area contributed by atoms with E-state index in [0.717, 1.165) is 5.56 Å². The summed E-state index contributed by atoms with van der Waals surface area (Å²) in [6.45, 7) is 1.91. The molecule has 1 aliphatic rings. The van der Waals surface area contributed by atoms with Crippen LogP contribution in [0.15, 0.2) is 53.1 Å². The highest BCUT2D eigenvalue weighted by Gasteiger charge is 2.37. The molecule has 0 bridgehead atoms. The molecule has 0 saturated heterocycles. The first-order chi connectivity index (χ1) is 10.6. The van der Waals surface area contributed by atoms with Gasteiger partial charge < -0.3 is 15.2 Å². The highest BCUT2D eigenvalue weighted by atomic mass is 35.5. The molecule has 1 atom stereocenters. The number of allylic oxidation sites excluding steroid dienone is 2. The van der Waals surface area contributed by atoms with Crippen molar-refractivity contribution in [2.45, 2.75) is 12.8 Å². The number of halogens is 1. The number of ether oxygens (including phenoxy) is 2. The molecule has 114 valence electrons. The Labute approximate surface area is 133 Å². The molecular weight excluding hydrogens is 304 g/mol. The molecule has 22 heavy (non-hydrogen) atoms. The minimum Gasteiger partial charge on any atom is -0.463 e. The van der Waals surface area contributed by atoms with E-state index >= 15 is 0 Å². The van der Waals surface area contributed by atoms with Crippen molar-refractivity contribution in [1.82, 2.24) is 0 Å². The number of benzene rings is 1. The van der Waals surface area contributed by atoms with E-state index in [1.807, 2.05) is 36.4 Å². The fraction of sp³-hybridized carbons (Fsp3) is 0.250. The number of alkyl halides is 1. The second-order valence-corrected chi connectivity index (χ2v) is 4.79. The summed E-state index contributed by atoms with van der Waals surface area (Å²) in [4.78, 5) is 12.3. The molecule has 0 saturated carbocycles. The van der Waals surface area contributed by atoms with Gasteiger partial charge in [-0.25, -0.2) is 4.79 Å². The van der Waals surface area contributed by atoms with Crippen molar-refractivity contribution in [1.29, 1.82) is 5.26 Å². The van der Waals surface area contributed by atoms with E-state index in [1.165, 1.54) is 0 Å². The molecule has 1 heterocycles. The molecule has 6 heteroatoms. The maximum atomic E-state index is 12.3. The predicted octanol–water partition coefficient (Wildman–Crippen LogP) is 2.55. The van der Waals surface area contributed by atoms with Gasteiger partial charge in [-0.1, -0.05) is 30.3 Å². The Balaban J connectivity index is 2.62.